The van der Waals surface area contributed by atoms with Gasteiger partial charge >= 0.3 is 11.9 Å². The number of carbonyl (C=O) groups is 3. The van der Waals surface area contributed by atoms with E-state index in [0.717, 1.165) is 12.8 Å². The van der Waals surface area contributed by atoms with Crippen LogP contribution in [0.4, 0.5) is 0 Å². The predicted octanol–water partition coefficient (Wildman–Crippen LogP) is 3.22. The molecule has 2 saturated heterocycles. The number of ether oxygens (including phenoxy) is 2. The fourth-order valence-electron chi connectivity index (χ4n) is 4.07. The number of nitrogens with zero attached hydrogens (tertiary/aromatic N) is 1. The van der Waals surface area contributed by atoms with E-state index in [0.29, 0.717) is 30.5 Å². The van der Waals surface area contributed by atoms with Crippen molar-refractivity contribution in [3.63, 3.8) is 0 Å². The Balaban J connectivity index is 1.41. The Hall–Kier alpha value is -3.15. The lowest BCUT2D eigenvalue weighted by Gasteiger charge is -2.45. The third-order valence-corrected chi connectivity index (χ3v) is 5.53. The van der Waals surface area contributed by atoms with Crippen molar-refractivity contribution in [1.29, 1.82) is 0 Å². The van der Waals surface area contributed by atoms with Crippen LogP contribution in [0.5, 0.6) is 0 Å². The van der Waals surface area contributed by atoms with Gasteiger partial charge in [-0.15, -0.1) is 0 Å². The summed E-state index contributed by atoms with van der Waals surface area (Å²) in [6.45, 7) is 0.586. The first-order chi connectivity index (χ1) is 14.1. The predicted molar refractivity (Wildman–Crippen MR) is 105 cm³/mol. The average molecular weight is 393 g/mol. The maximum absolute atomic E-state index is 12.9. The van der Waals surface area contributed by atoms with Crippen LogP contribution in [0, 0.1) is 0 Å². The average Bonchev–Trinajstić information content (AvgIpc) is 2.77. The Morgan fingerprint density at radius 3 is 2.00 bits per heavy atom. The Morgan fingerprint density at radius 2 is 1.38 bits per heavy atom. The summed E-state index contributed by atoms with van der Waals surface area (Å²) in [5.74, 6) is -1.07. The maximum Gasteiger partial charge on any atom is 0.338 e. The second kappa shape index (κ2) is 8.47. The highest BCUT2D eigenvalue weighted by Gasteiger charge is 2.44. The van der Waals surface area contributed by atoms with E-state index in [2.05, 4.69) is 0 Å². The van der Waals surface area contributed by atoms with Gasteiger partial charge in [-0.25, -0.2) is 9.59 Å². The van der Waals surface area contributed by atoms with E-state index < -0.39 is 12.1 Å². The van der Waals surface area contributed by atoms with Crippen LogP contribution < -0.4 is 0 Å². The summed E-state index contributed by atoms with van der Waals surface area (Å²) in [5, 5.41) is 0. The molecule has 0 saturated carbocycles. The van der Waals surface area contributed by atoms with Crippen LogP contribution in [0.2, 0.25) is 0 Å². The summed E-state index contributed by atoms with van der Waals surface area (Å²) < 4.78 is 11.2. The van der Waals surface area contributed by atoms with Crippen LogP contribution in [-0.4, -0.2) is 47.5 Å². The molecule has 2 aliphatic heterocycles. The molecule has 0 radical (unpaired) electrons. The van der Waals surface area contributed by atoms with Crippen molar-refractivity contribution in [2.45, 2.75) is 43.9 Å². The van der Waals surface area contributed by atoms with Crippen molar-refractivity contribution >= 4 is 17.8 Å². The SMILES string of the molecule is O=C(O[C@H]1CC[C@H]2[C@@H](OC(=O)c3ccccc3)CCCN2C1=O)c1ccccc1. The molecule has 2 aliphatic rings. The van der Waals surface area contributed by atoms with Crippen LogP contribution in [0.1, 0.15) is 46.4 Å². The molecule has 2 fully saturated rings. The van der Waals surface area contributed by atoms with Gasteiger partial charge in [0.1, 0.15) is 6.10 Å². The van der Waals surface area contributed by atoms with Crippen molar-refractivity contribution in [2.75, 3.05) is 6.54 Å². The van der Waals surface area contributed by atoms with E-state index in [1.165, 1.54) is 0 Å². The summed E-state index contributed by atoms with van der Waals surface area (Å²) in [4.78, 5) is 39.4. The molecule has 1 amide bonds. The van der Waals surface area contributed by atoms with Gasteiger partial charge in [-0.2, -0.15) is 0 Å². The van der Waals surface area contributed by atoms with E-state index >= 15 is 0 Å². The number of carbonyl (C=O) groups excluding carboxylic acids is 3. The summed E-state index contributed by atoms with van der Waals surface area (Å²) in [6, 6.07) is 17.3. The van der Waals surface area contributed by atoms with Gasteiger partial charge in [-0.1, -0.05) is 36.4 Å². The lowest BCUT2D eigenvalue weighted by Crippen LogP contribution is -2.58. The standard InChI is InChI=1S/C23H23NO5/c25-21-20(29-23(27)17-10-5-2-6-11-17)14-13-18-19(12-7-15-24(18)21)28-22(26)16-8-3-1-4-9-16/h1-6,8-11,18-20H,7,12-15H2/t18-,19-,20-/m0/s1. The molecule has 0 unspecified atom stereocenters. The number of hydrogen-bond donors (Lipinski definition) is 0. The van der Waals surface area contributed by atoms with E-state index in [4.69, 9.17) is 9.47 Å². The molecule has 2 aromatic rings. The smallest absolute Gasteiger partial charge is 0.338 e. The van der Waals surface area contributed by atoms with Gasteiger partial charge in [0.2, 0.25) is 0 Å². The maximum atomic E-state index is 12.9. The molecular formula is C23H23NO5. The zero-order chi connectivity index (χ0) is 20.2. The molecule has 6 nitrogen and oxygen atoms in total. The van der Waals surface area contributed by atoms with Crippen molar-refractivity contribution in [2.24, 2.45) is 0 Å². The molecule has 0 bridgehead atoms. The second-order valence-corrected chi connectivity index (χ2v) is 7.39. The lowest BCUT2D eigenvalue weighted by molar-refractivity contribution is -0.155. The minimum absolute atomic E-state index is 0.171. The summed E-state index contributed by atoms with van der Waals surface area (Å²) in [7, 11) is 0. The van der Waals surface area contributed by atoms with E-state index in [9.17, 15) is 14.4 Å². The van der Waals surface area contributed by atoms with Crippen molar-refractivity contribution in [3.8, 4) is 0 Å². The highest BCUT2D eigenvalue weighted by atomic mass is 16.6. The second-order valence-electron chi connectivity index (χ2n) is 7.39. The molecule has 150 valence electrons. The minimum Gasteiger partial charge on any atom is -0.457 e. The number of rotatable bonds is 4. The van der Waals surface area contributed by atoms with Crippen molar-refractivity contribution < 1.29 is 23.9 Å². The minimum atomic E-state index is -0.789. The molecule has 0 aliphatic carbocycles. The molecule has 3 atom stereocenters. The largest absolute Gasteiger partial charge is 0.457 e. The van der Waals surface area contributed by atoms with Gasteiger partial charge in [0, 0.05) is 6.54 Å². The molecule has 2 aromatic carbocycles. The zero-order valence-electron chi connectivity index (χ0n) is 16.0. The number of hydrogen-bond acceptors (Lipinski definition) is 5. The number of fused-ring (bicyclic) bond motifs is 1. The molecule has 0 N–H and O–H groups in total. The third-order valence-electron chi connectivity index (χ3n) is 5.53. The number of piperidine rings is 2. The molecule has 0 spiro atoms. The summed E-state index contributed by atoms with van der Waals surface area (Å²) in [6.07, 6.45) is 1.40. The number of benzene rings is 2. The van der Waals surface area contributed by atoms with Gasteiger partial charge < -0.3 is 14.4 Å². The number of esters is 2. The Labute approximate surface area is 169 Å². The first-order valence-corrected chi connectivity index (χ1v) is 9.96. The first kappa shape index (κ1) is 19.2. The monoisotopic (exact) mass is 393 g/mol. The van der Waals surface area contributed by atoms with Gasteiger partial charge in [0.15, 0.2) is 6.10 Å². The first-order valence-electron chi connectivity index (χ1n) is 9.96. The lowest BCUT2D eigenvalue weighted by atomic mass is 9.89. The Morgan fingerprint density at radius 1 is 0.793 bits per heavy atom. The van der Waals surface area contributed by atoms with Crippen molar-refractivity contribution in [1.82, 2.24) is 4.90 Å². The van der Waals surface area contributed by atoms with Crippen LogP contribution in [0.3, 0.4) is 0 Å². The topological polar surface area (TPSA) is 72.9 Å². The molecule has 6 heteroatoms. The molecule has 29 heavy (non-hydrogen) atoms. The van der Waals surface area contributed by atoms with E-state index in [1.54, 1.807) is 53.4 Å². The van der Waals surface area contributed by atoms with Crippen LogP contribution in [0.25, 0.3) is 0 Å². The Kier molecular flexibility index (Phi) is 5.60. The quantitative estimate of drug-likeness (QED) is 0.746. The van der Waals surface area contributed by atoms with Crippen LogP contribution in [0.15, 0.2) is 60.7 Å². The highest BCUT2D eigenvalue weighted by molar-refractivity contribution is 5.92. The van der Waals surface area contributed by atoms with E-state index in [-0.39, 0.29) is 24.0 Å². The normalized spacial score (nSPS) is 23.8. The van der Waals surface area contributed by atoms with E-state index in [1.807, 2.05) is 12.1 Å². The van der Waals surface area contributed by atoms with Gasteiger partial charge in [0.05, 0.1) is 17.2 Å². The summed E-state index contributed by atoms with van der Waals surface area (Å²) >= 11 is 0. The zero-order valence-corrected chi connectivity index (χ0v) is 16.0. The van der Waals surface area contributed by atoms with Gasteiger partial charge in [-0.3, -0.25) is 4.79 Å². The van der Waals surface area contributed by atoms with Gasteiger partial charge in [-0.05, 0) is 49.9 Å². The van der Waals surface area contributed by atoms with Crippen molar-refractivity contribution in [3.05, 3.63) is 71.8 Å². The molecule has 0 aromatic heterocycles. The third kappa shape index (κ3) is 4.16. The molecule has 4 rings (SSSR count). The summed E-state index contributed by atoms with van der Waals surface area (Å²) in [5.41, 5.74) is 0.928. The van der Waals surface area contributed by atoms with Crippen LogP contribution in [-0.2, 0) is 14.3 Å². The fraction of sp³-hybridized carbons (Fsp3) is 0.348. The molecular weight excluding hydrogens is 370 g/mol. The number of amides is 1. The fourth-order valence-corrected chi connectivity index (χ4v) is 4.07. The Bertz CT molecular complexity index is 883. The highest BCUT2D eigenvalue weighted by Crippen LogP contribution is 2.31. The molecule has 2 heterocycles. The van der Waals surface area contributed by atoms with Gasteiger partial charge in [0.25, 0.3) is 5.91 Å². The van der Waals surface area contributed by atoms with Crippen LogP contribution >= 0.6 is 0 Å².